The normalized spacial score (nSPS) is 22.8. The first-order valence-corrected chi connectivity index (χ1v) is 9.52. The molecule has 0 atom stereocenters. The Hall–Kier alpha value is -2.37. The molecule has 0 amide bonds. The zero-order valence-corrected chi connectivity index (χ0v) is 15.4. The summed E-state index contributed by atoms with van der Waals surface area (Å²) >= 11 is 0. The molecule has 1 saturated carbocycles. The molecule has 0 bridgehead atoms. The molecule has 3 aliphatic rings. The van der Waals surface area contributed by atoms with Crippen LogP contribution in [0.3, 0.4) is 0 Å². The third kappa shape index (κ3) is 2.82. The van der Waals surface area contributed by atoms with Crippen molar-refractivity contribution in [3.05, 3.63) is 16.0 Å². The minimum absolute atomic E-state index is 0.166. The van der Waals surface area contributed by atoms with Crippen LogP contribution in [0.5, 0.6) is 0 Å². The van der Waals surface area contributed by atoms with E-state index in [2.05, 4.69) is 31.9 Å². The average molecular weight is 369 g/mol. The maximum atomic E-state index is 12.9. The number of fused-ring (bicyclic) bond motifs is 1. The van der Waals surface area contributed by atoms with Crippen molar-refractivity contribution in [1.29, 1.82) is 0 Å². The fourth-order valence-electron chi connectivity index (χ4n) is 4.07. The lowest BCUT2D eigenvalue weighted by Gasteiger charge is -2.39. The minimum Gasteiger partial charge on any atom is -0.381 e. The molecule has 2 aromatic heterocycles. The summed E-state index contributed by atoms with van der Waals surface area (Å²) in [6.07, 6.45) is 4.58. The molecule has 0 radical (unpaired) electrons. The molecule has 0 aromatic carbocycles. The molecule has 3 fully saturated rings. The molecule has 5 rings (SSSR count). The summed E-state index contributed by atoms with van der Waals surface area (Å²) in [5.74, 6) is 6.31. The van der Waals surface area contributed by atoms with E-state index in [9.17, 15) is 9.90 Å². The van der Waals surface area contributed by atoms with Crippen LogP contribution in [-0.2, 0) is 11.8 Å². The Morgan fingerprint density at radius 2 is 2.00 bits per heavy atom. The van der Waals surface area contributed by atoms with E-state index in [1.807, 2.05) is 0 Å². The summed E-state index contributed by atoms with van der Waals surface area (Å²) in [5, 5.41) is 17.3. The summed E-state index contributed by atoms with van der Waals surface area (Å²) in [4.78, 5) is 19.8. The first kappa shape index (κ1) is 16.8. The zero-order chi connectivity index (χ0) is 18.6. The Morgan fingerprint density at radius 3 is 2.67 bits per heavy atom. The topological polar surface area (TPSA) is 96.3 Å². The van der Waals surface area contributed by atoms with Crippen LogP contribution in [0.1, 0.15) is 37.8 Å². The summed E-state index contributed by atoms with van der Waals surface area (Å²) in [7, 11) is 1.74. The molecule has 8 heteroatoms. The first-order chi connectivity index (χ1) is 13.0. The number of nitrogens with zero attached hydrogens (tertiary/aromatic N) is 4. The Morgan fingerprint density at radius 1 is 1.22 bits per heavy atom. The van der Waals surface area contributed by atoms with Crippen molar-refractivity contribution in [3.8, 4) is 11.8 Å². The van der Waals surface area contributed by atoms with Gasteiger partial charge in [0.15, 0.2) is 5.65 Å². The van der Waals surface area contributed by atoms with E-state index in [0.717, 1.165) is 45.6 Å². The highest BCUT2D eigenvalue weighted by Crippen LogP contribution is 2.39. The van der Waals surface area contributed by atoms with Gasteiger partial charge in [0.25, 0.3) is 5.56 Å². The standard InChI is InChI=1S/C19H23N5O3/c1-23-16(25)14-13(2-3-19(26)4-5-19)21-22-15(14)20-17(23)24-9-6-18(7-10-24)8-11-27-12-18/h26H,4-12H2,1H3,(H,21,22). The number of anilines is 1. The molecular formula is C19H23N5O3. The van der Waals surface area contributed by atoms with Crippen LogP contribution in [0.25, 0.3) is 11.0 Å². The molecule has 0 unspecified atom stereocenters. The van der Waals surface area contributed by atoms with E-state index >= 15 is 0 Å². The molecule has 2 saturated heterocycles. The van der Waals surface area contributed by atoms with Crippen molar-refractivity contribution in [3.63, 3.8) is 0 Å². The molecule has 2 aromatic rings. The van der Waals surface area contributed by atoms with E-state index in [-0.39, 0.29) is 5.56 Å². The van der Waals surface area contributed by atoms with Crippen molar-refractivity contribution in [2.24, 2.45) is 12.5 Å². The number of ether oxygens (including phenoxy) is 1. The molecule has 4 heterocycles. The summed E-state index contributed by atoms with van der Waals surface area (Å²) in [5.41, 5.74) is 0.0346. The average Bonchev–Trinajstić information content (AvgIpc) is 3.06. The summed E-state index contributed by atoms with van der Waals surface area (Å²) < 4.78 is 7.18. The fraction of sp³-hybridized carbons (Fsp3) is 0.632. The lowest BCUT2D eigenvalue weighted by Crippen LogP contribution is -2.43. The van der Waals surface area contributed by atoms with Crippen molar-refractivity contribution in [2.45, 2.75) is 37.7 Å². The van der Waals surface area contributed by atoms with Gasteiger partial charge in [-0.1, -0.05) is 5.92 Å². The molecule has 27 heavy (non-hydrogen) atoms. The number of piperidine rings is 1. The molecule has 2 N–H and O–H groups in total. The second-order valence-electron chi connectivity index (χ2n) is 8.14. The molecule has 2 aliphatic heterocycles. The van der Waals surface area contributed by atoms with E-state index in [1.54, 1.807) is 11.6 Å². The van der Waals surface area contributed by atoms with Gasteiger partial charge >= 0.3 is 0 Å². The first-order valence-electron chi connectivity index (χ1n) is 9.52. The maximum absolute atomic E-state index is 12.9. The van der Waals surface area contributed by atoms with Gasteiger partial charge < -0.3 is 14.7 Å². The molecular weight excluding hydrogens is 346 g/mol. The van der Waals surface area contributed by atoms with Gasteiger partial charge in [-0.25, -0.2) is 0 Å². The molecule has 1 spiro atoms. The van der Waals surface area contributed by atoms with E-state index < -0.39 is 5.60 Å². The maximum Gasteiger partial charge on any atom is 0.267 e. The number of aliphatic hydroxyl groups is 1. The van der Waals surface area contributed by atoms with E-state index in [0.29, 0.717) is 40.9 Å². The van der Waals surface area contributed by atoms with Crippen LogP contribution in [0.4, 0.5) is 5.95 Å². The lowest BCUT2D eigenvalue weighted by atomic mass is 9.78. The number of aromatic amines is 1. The monoisotopic (exact) mass is 369 g/mol. The van der Waals surface area contributed by atoms with Crippen LogP contribution in [-0.4, -0.2) is 56.8 Å². The number of hydrogen-bond acceptors (Lipinski definition) is 6. The van der Waals surface area contributed by atoms with Gasteiger partial charge in [-0.05, 0) is 43.4 Å². The van der Waals surface area contributed by atoms with Crippen LogP contribution in [0.2, 0.25) is 0 Å². The van der Waals surface area contributed by atoms with Crippen LogP contribution >= 0.6 is 0 Å². The van der Waals surface area contributed by atoms with Gasteiger partial charge in [0.2, 0.25) is 5.95 Å². The van der Waals surface area contributed by atoms with Gasteiger partial charge in [-0.15, -0.1) is 0 Å². The Labute approximate surface area is 156 Å². The number of aromatic nitrogens is 4. The fourth-order valence-corrected chi connectivity index (χ4v) is 4.07. The van der Waals surface area contributed by atoms with Crippen molar-refractivity contribution < 1.29 is 9.84 Å². The van der Waals surface area contributed by atoms with Gasteiger partial charge in [0.05, 0.1) is 6.61 Å². The SMILES string of the molecule is Cn1c(N2CCC3(CCOC3)CC2)nc2[nH]nc(C#CC3(O)CC3)c2c1=O. The van der Waals surface area contributed by atoms with Gasteiger partial charge in [-0.2, -0.15) is 10.1 Å². The molecule has 8 nitrogen and oxygen atoms in total. The highest BCUT2D eigenvalue weighted by Gasteiger charge is 2.39. The number of rotatable bonds is 1. The summed E-state index contributed by atoms with van der Waals surface area (Å²) in [6, 6.07) is 0. The predicted octanol–water partition coefficient (Wildman–Crippen LogP) is 0.540. The lowest BCUT2D eigenvalue weighted by molar-refractivity contribution is 0.133. The van der Waals surface area contributed by atoms with Crippen LogP contribution in [0.15, 0.2) is 4.79 Å². The van der Waals surface area contributed by atoms with Crippen molar-refractivity contribution in [1.82, 2.24) is 19.7 Å². The number of hydrogen-bond donors (Lipinski definition) is 2. The minimum atomic E-state index is -0.905. The molecule has 1 aliphatic carbocycles. The van der Waals surface area contributed by atoms with Gasteiger partial charge in [0, 0.05) is 26.7 Å². The van der Waals surface area contributed by atoms with E-state index in [4.69, 9.17) is 4.74 Å². The largest absolute Gasteiger partial charge is 0.381 e. The van der Waals surface area contributed by atoms with Crippen molar-refractivity contribution in [2.75, 3.05) is 31.2 Å². The zero-order valence-electron chi connectivity index (χ0n) is 15.4. The quantitative estimate of drug-likeness (QED) is 0.713. The predicted molar refractivity (Wildman–Crippen MR) is 99.5 cm³/mol. The third-order valence-corrected chi connectivity index (χ3v) is 6.21. The highest BCUT2D eigenvalue weighted by molar-refractivity contribution is 5.81. The Balaban J connectivity index is 1.47. The van der Waals surface area contributed by atoms with Gasteiger partial charge in [0.1, 0.15) is 16.7 Å². The number of H-pyrrole nitrogens is 1. The van der Waals surface area contributed by atoms with Crippen molar-refractivity contribution >= 4 is 17.0 Å². The highest BCUT2D eigenvalue weighted by atomic mass is 16.5. The van der Waals surface area contributed by atoms with E-state index in [1.165, 1.54) is 0 Å². The Kier molecular flexibility index (Phi) is 3.61. The summed E-state index contributed by atoms with van der Waals surface area (Å²) in [6.45, 7) is 3.43. The smallest absolute Gasteiger partial charge is 0.267 e. The van der Waals surface area contributed by atoms with Crippen LogP contribution < -0.4 is 10.5 Å². The number of nitrogens with one attached hydrogen (secondary N) is 1. The third-order valence-electron chi connectivity index (χ3n) is 6.21. The molecule has 142 valence electrons. The second kappa shape index (κ2) is 5.81. The second-order valence-corrected chi connectivity index (χ2v) is 8.14. The van der Waals surface area contributed by atoms with Crippen LogP contribution in [0, 0.1) is 17.3 Å². The van der Waals surface area contributed by atoms with Gasteiger partial charge in [-0.3, -0.25) is 14.5 Å². The Bertz CT molecular complexity index is 1010.